The third-order valence-electron chi connectivity index (χ3n) is 6.23. The van der Waals surface area contributed by atoms with Crippen molar-refractivity contribution >= 4 is 23.1 Å². The van der Waals surface area contributed by atoms with Gasteiger partial charge in [-0.15, -0.1) is 0 Å². The zero-order valence-electron chi connectivity index (χ0n) is 19.8. The molecule has 1 unspecified atom stereocenters. The molecule has 1 amide bonds. The number of nitrogens with zero attached hydrogens (tertiary/aromatic N) is 1. The van der Waals surface area contributed by atoms with Crippen molar-refractivity contribution in [1.82, 2.24) is 0 Å². The lowest BCUT2D eigenvalue weighted by molar-refractivity contribution is -0.132. The van der Waals surface area contributed by atoms with Crippen LogP contribution in [0.1, 0.15) is 48.1 Å². The number of ketones is 1. The van der Waals surface area contributed by atoms with Crippen molar-refractivity contribution in [3.8, 4) is 5.75 Å². The first kappa shape index (κ1) is 24.1. The number of Topliss-reactive ketones (excluding diaryl/α,β-unsaturated/α-hetero) is 1. The van der Waals surface area contributed by atoms with Gasteiger partial charge in [0.2, 0.25) is 0 Å². The lowest BCUT2D eigenvalue weighted by Gasteiger charge is -2.26. The predicted molar refractivity (Wildman–Crippen MR) is 129 cm³/mol. The van der Waals surface area contributed by atoms with Crippen LogP contribution in [0.25, 0.3) is 5.76 Å². The zero-order chi connectivity index (χ0) is 25.4. The van der Waals surface area contributed by atoms with Gasteiger partial charge in [0, 0.05) is 17.3 Å². The predicted octanol–water partition coefficient (Wildman–Crippen LogP) is 6.03. The van der Waals surface area contributed by atoms with Crippen LogP contribution in [0.15, 0.2) is 66.2 Å². The van der Waals surface area contributed by atoms with Crippen LogP contribution in [-0.4, -0.2) is 23.9 Å². The Balaban J connectivity index is 1.98. The minimum Gasteiger partial charge on any atom is -0.507 e. The number of aliphatic hydroxyl groups excluding tert-OH is 1. The highest BCUT2D eigenvalue weighted by molar-refractivity contribution is 6.51. The Labute approximate surface area is 202 Å². The van der Waals surface area contributed by atoms with Crippen LogP contribution >= 0.6 is 0 Å². The Bertz CT molecular complexity index is 1360. The Hall–Kier alpha value is -4.00. The molecule has 3 aromatic rings. The van der Waals surface area contributed by atoms with Crippen molar-refractivity contribution < 1.29 is 28.2 Å². The fraction of sp³-hybridized carbons (Fsp3) is 0.214. The third kappa shape index (κ3) is 4.18. The first-order valence-corrected chi connectivity index (χ1v) is 11.2. The molecule has 1 N–H and O–H groups in total. The average molecular weight is 478 g/mol. The molecular weight excluding hydrogens is 452 g/mol. The van der Waals surface area contributed by atoms with Crippen LogP contribution in [0.2, 0.25) is 0 Å². The number of hydrogen-bond acceptors (Lipinski definition) is 4. The van der Waals surface area contributed by atoms with E-state index in [1.165, 1.54) is 6.07 Å². The van der Waals surface area contributed by atoms with E-state index in [1.54, 1.807) is 43.5 Å². The van der Waals surface area contributed by atoms with E-state index in [2.05, 4.69) is 0 Å². The first-order valence-electron chi connectivity index (χ1n) is 11.2. The number of carbonyl (C=O) groups is 2. The SMILES string of the molecule is COc1ccc(/C(O)=C2\C(=O)C(=O)N(c3ccc(F)c(F)c3)C2c2ccccc2C)cc1C(C)C. The van der Waals surface area contributed by atoms with Crippen molar-refractivity contribution in [2.75, 3.05) is 12.0 Å². The third-order valence-corrected chi connectivity index (χ3v) is 6.23. The number of methoxy groups -OCH3 is 1. The van der Waals surface area contributed by atoms with Crippen molar-refractivity contribution in [2.45, 2.75) is 32.7 Å². The molecule has 0 aromatic heterocycles. The second kappa shape index (κ2) is 9.33. The molecule has 5 nitrogen and oxygen atoms in total. The fourth-order valence-electron chi connectivity index (χ4n) is 4.41. The molecular formula is C28H25F2NO4. The molecule has 1 fully saturated rings. The van der Waals surface area contributed by atoms with Gasteiger partial charge in [0.05, 0.1) is 18.7 Å². The fourth-order valence-corrected chi connectivity index (χ4v) is 4.41. The second-order valence-corrected chi connectivity index (χ2v) is 8.74. The number of benzene rings is 3. The molecule has 4 rings (SSSR count). The number of halogens is 2. The Morgan fingerprint density at radius 2 is 1.71 bits per heavy atom. The summed E-state index contributed by atoms with van der Waals surface area (Å²) in [6.45, 7) is 5.75. The van der Waals surface area contributed by atoms with Gasteiger partial charge in [-0.1, -0.05) is 38.1 Å². The maximum atomic E-state index is 14.1. The molecule has 0 saturated carbocycles. The standard InChI is InChI=1S/C28H25F2NO4/c1-15(2)20-13-17(9-12-23(20)35-4)26(32)24-25(19-8-6-5-7-16(19)3)31(28(34)27(24)33)18-10-11-21(29)22(30)14-18/h5-15,25,32H,1-4H3/b26-24+. The highest BCUT2D eigenvalue weighted by Crippen LogP contribution is 2.43. The van der Waals surface area contributed by atoms with Crippen molar-refractivity contribution in [2.24, 2.45) is 0 Å². The summed E-state index contributed by atoms with van der Waals surface area (Å²) in [6.07, 6.45) is 0. The number of hydrogen-bond donors (Lipinski definition) is 1. The van der Waals surface area contributed by atoms with Crippen LogP contribution in [0, 0.1) is 18.6 Å². The van der Waals surface area contributed by atoms with E-state index in [1.807, 2.05) is 26.8 Å². The molecule has 35 heavy (non-hydrogen) atoms. The number of anilines is 1. The zero-order valence-corrected chi connectivity index (χ0v) is 19.8. The van der Waals surface area contributed by atoms with Crippen molar-refractivity contribution in [3.05, 3.63) is 100 Å². The van der Waals surface area contributed by atoms with E-state index in [-0.39, 0.29) is 22.9 Å². The lowest BCUT2D eigenvalue weighted by Crippen LogP contribution is -2.30. The molecule has 1 heterocycles. The van der Waals surface area contributed by atoms with E-state index in [0.717, 1.165) is 28.2 Å². The molecule has 0 bridgehead atoms. The van der Waals surface area contributed by atoms with E-state index in [0.29, 0.717) is 16.9 Å². The molecule has 1 atom stereocenters. The first-order chi connectivity index (χ1) is 16.6. The summed E-state index contributed by atoms with van der Waals surface area (Å²) in [4.78, 5) is 27.6. The van der Waals surface area contributed by atoms with Gasteiger partial charge in [-0.2, -0.15) is 0 Å². The van der Waals surface area contributed by atoms with E-state index >= 15 is 0 Å². The lowest BCUT2D eigenvalue weighted by atomic mass is 9.91. The van der Waals surface area contributed by atoms with Crippen molar-refractivity contribution in [3.63, 3.8) is 0 Å². The van der Waals surface area contributed by atoms with Gasteiger partial charge in [-0.3, -0.25) is 14.5 Å². The van der Waals surface area contributed by atoms with Crippen LogP contribution in [0.3, 0.4) is 0 Å². The normalized spacial score (nSPS) is 17.3. The number of ether oxygens (including phenoxy) is 1. The molecule has 1 saturated heterocycles. The van der Waals surface area contributed by atoms with Gasteiger partial charge in [-0.25, -0.2) is 8.78 Å². The molecule has 0 aliphatic carbocycles. The summed E-state index contributed by atoms with van der Waals surface area (Å²) < 4.78 is 33.2. The van der Waals surface area contributed by atoms with Crippen molar-refractivity contribution in [1.29, 1.82) is 0 Å². The van der Waals surface area contributed by atoms with Gasteiger partial charge in [0.15, 0.2) is 11.6 Å². The maximum Gasteiger partial charge on any atom is 0.300 e. The number of aliphatic hydroxyl groups is 1. The van der Waals surface area contributed by atoms with E-state index in [4.69, 9.17) is 4.74 Å². The van der Waals surface area contributed by atoms with Crippen LogP contribution in [0.4, 0.5) is 14.5 Å². The molecule has 3 aromatic carbocycles. The van der Waals surface area contributed by atoms with E-state index in [9.17, 15) is 23.5 Å². The maximum absolute atomic E-state index is 14.1. The highest BCUT2D eigenvalue weighted by Gasteiger charge is 2.47. The molecule has 0 radical (unpaired) electrons. The second-order valence-electron chi connectivity index (χ2n) is 8.74. The quantitative estimate of drug-likeness (QED) is 0.277. The van der Waals surface area contributed by atoms with Gasteiger partial charge in [-0.05, 0) is 59.9 Å². The topological polar surface area (TPSA) is 66.8 Å². The van der Waals surface area contributed by atoms with Crippen LogP contribution in [-0.2, 0) is 9.59 Å². The van der Waals surface area contributed by atoms with E-state index < -0.39 is 29.4 Å². The number of rotatable bonds is 5. The Morgan fingerprint density at radius 3 is 2.34 bits per heavy atom. The Kier molecular flexibility index (Phi) is 6.43. The summed E-state index contributed by atoms with van der Waals surface area (Å²) >= 11 is 0. The Morgan fingerprint density at radius 1 is 1.00 bits per heavy atom. The van der Waals surface area contributed by atoms with Crippen LogP contribution in [0.5, 0.6) is 5.75 Å². The number of aryl methyl sites for hydroxylation is 1. The largest absolute Gasteiger partial charge is 0.507 e. The van der Waals surface area contributed by atoms with Gasteiger partial charge >= 0.3 is 0 Å². The molecule has 0 spiro atoms. The highest BCUT2D eigenvalue weighted by atomic mass is 19.2. The minimum atomic E-state index is -1.15. The number of amides is 1. The molecule has 7 heteroatoms. The smallest absolute Gasteiger partial charge is 0.300 e. The average Bonchev–Trinajstić information content (AvgIpc) is 3.10. The number of carbonyl (C=O) groups excluding carboxylic acids is 2. The minimum absolute atomic E-state index is 0.0101. The molecule has 1 aliphatic heterocycles. The molecule has 180 valence electrons. The summed E-state index contributed by atoms with van der Waals surface area (Å²) in [7, 11) is 1.55. The summed E-state index contributed by atoms with van der Waals surface area (Å²) in [6, 6.07) is 14.1. The summed E-state index contributed by atoms with van der Waals surface area (Å²) in [5, 5.41) is 11.4. The van der Waals surface area contributed by atoms with Crippen LogP contribution < -0.4 is 9.64 Å². The summed E-state index contributed by atoms with van der Waals surface area (Å²) in [5.41, 5.74) is 2.38. The molecule has 1 aliphatic rings. The van der Waals surface area contributed by atoms with Gasteiger partial charge in [0.1, 0.15) is 11.5 Å². The summed E-state index contributed by atoms with van der Waals surface area (Å²) in [5.74, 6) is -3.73. The monoisotopic (exact) mass is 477 g/mol. The van der Waals surface area contributed by atoms with Gasteiger partial charge < -0.3 is 9.84 Å². The van der Waals surface area contributed by atoms with Gasteiger partial charge in [0.25, 0.3) is 11.7 Å².